The summed E-state index contributed by atoms with van der Waals surface area (Å²) in [5, 5.41) is 13.5. The Morgan fingerprint density at radius 1 is 1.71 bits per heavy atom. The second kappa shape index (κ2) is 5.78. The average molecular weight is 213 g/mol. The fraction of sp³-hybridized carbons (Fsp3) is 0.500. The molecule has 0 aliphatic rings. The van der Waals surface area contributed by atoms with Crippen molar-refractivity contribution < 1.29 is 9.90 Å². The molecule has 3 nitrogen and oxygen atoms in total. The molecular weight excluding hydrogens is 198 g/mol. The molecule has 78 valence electrons. The molecule has 14 heavy (non-hydrogen) atoms. The Bertz CT molecular complexity index is 272. The number of rotatable bonds is 5. The summed E-state index contributed by atoms with van der Waals surface area (Å²) in [6.07, 6.45) is 0.440. The third-order valence-corrected chi connectivity index (χ3v) is 2.75. The van der Waals surface area contributed by atoms with Crippen molar-refractivity contribution >= 4 is 17.2 Å². The number of aliphatic hydroxyl groups is 1. The maximum atomic E-state index is 11.3. The third-order valence-electron chi connectivity index (χ3n) is 1.87. The SMILES string of the molecule is CC(CO)CNC(=O)Cc1cccs1. The number of hydrogen-bond acceptors (Lipinski definition) is 3. The van der Waals surface area contributed by atoms with E-state index >= 15 is 0 Å². The Hall–Kier alpha value is -0.870. The minimum absolute atomic E-state index is 0.0211. The topological polar surface area (TPSA) is 49.3 Å². The van der Waals surface area contributed by atoms with Crippen molar-refractivity contribution in [3.63, 3.8) is 0 Å². The molecule has 0 radical (unpaired) electrons. The van der Waals surface area contributed by atoms with Crippen LogP contribution in [-0.2, 0) is 11.2 Å². The molecule has 1 aromatic heterocycles. The van der Waals surface area contributed by atoms with Crippen molar-refractivity contribution in [2.45, 2.75) is 13.3 Å². The van der Waals surface area contributed by atoms with Gasteiger partial charge >= 0.3 is 0 Å². The molecule has 0 saturated carbocycles. The molecule has 1 aromatic rings. The fourth-order valence-corrected chi connectivity index (χ4v) is 1.69. The monoisotopic (exact) mass is 213 g/mol. The number of amides is 1. The second-order valence-electron chi connectivity index (χ2n) is 3.35. The van der Waals surface area contributed by atoms with Crippen molar-refractivity contribution in [2.24, 2.45) is 5.92 Å². The summed E-state index contributed by atoms with van der Waals surface area (Å²) < 4.78 is 0. The molecule has 1 atom stereocenters. The minimum atomic E-state index is 0.0211. The van der Waals surface area contributed by atoms with Gasteiger partial charge in [-0.2, -0.15) is 0 Å². The summed E-state index contributed by atoms with van der Waals surface area (Å²) >= 11 is 1.58. The van der Waals surface area contributed by atoms with Crippen LogP contribution in [0.3, 0.4) is 0 Å². The Morgan fingerprint density at radius 3 is 3.07 bits per heavy atom. The molecule has 1 rings (SSSR count). The van der Waals surface area contributed by atoms with E-state index in [1.807, 2.05) is 24.4 Å². The number of nitrogens with one attached hydrogen (secondary N) is 1. The summed E-state index contributed by atoms with van der Waals surface area (Å²) in [7, 11) is 0. The van der Waals surface area contributed by atoms with Gasteiger partial charge in [-0.1, -0.05) is 13.0 Å². The van der Waals surface area contributed by atoms with E-state index in [0.29, 0.717) is 13.0 Å². The molecule has 0 bridgehead atoms. The Morgan fingerprint density at radius 2 is 2.50 bits per heavy atom. The quantitative estimate of drug-likeness (QED) is 0.767. The zero-order valence-electron chi connectivity index (χ0n) is 8.19. The lowest BCUT2D eigenvalue weighted by Gasteiger charge is -2.08. The maximum absolute atomic E-state index is 11.3. The van der Waals surface area contributed by atoms with Crippen LogP contribution in [0.5, 0.6) is 0 Å². The maximum Gasteiger partial charge on any atom is 0.225 e. The van der Waals surface area contributed by atoms with Gasteiger partial charge in [0.05, 0.1) is 6.42 Å². The Labute approximate surface area is 87.8 Å². The van der Waals surface area contributed by atoms with Gasteiger partial charge in [0.25, 0.3) is 0 Å². The number of aliphatic hydroxyl groups excluding tert-OH is 1. The van der Waals surface area contributed by atoms with Crippen LogP contribution >= 0.6 is 11.3 Å². The first-order chi connectivity index (χ1) is 6.72. The predicted octanol–water partition coefficient (Wildman–Crippen LogP) is 1.04. The minimum Gasteiger partial charge on any atom is -0.396 e. The van der Waals surface area contributed by atoms with Crippen LogP contribution < -0.4 is 5.32 Å². The van der Waals surface area contributed by atoms with Crippen molar-refractivity contribution in [3.8, 4) is 0 Å². The van der Waals surface area contributed by atoms with E-state index in [1.165, 1.54) is 0 Å². The molecule has 0 saturated heterocycles. The van der Waals surface area contributed by atoms with Crippen molar-refractivity contribution in [1.29, 1.82) is 0 Å². The summed E-state index contributed by atoms with van der Waals surface area (Å²) in [4.78, 5) is 12.4. The molecular formula is C10H15NO2S. The summed E-state index contributed by atoms with van der Waals surface area (Å²) in [5.41, 5.74) is 0. The number of hydrogen-bond donors (Lipinski definition) is 2. The van der Waals surface area contributed by atoms with Gasteiger partial charge in [-0.15, -0.1) is 11.3 Å². The van der Waals surface area contributed by atoms with E-state index in [1.54, 1.807) is 11.3 Å². The molecule has 0 aliphatic heterocycles. The van der Waals surface area contributed by atoms with Gasteiger partial charge in [-0.25, -0.2) is 0 Å². The average Bonchev–Trinajstić information content (AvgIpc) is 2.66. The zero-order valence-corrected chi connectivity index (χ0v) is 9.01. The molecule has 0 aliphatic carbocycles. The molecule has 2 N–H and O–H groups in total. The molecule has 0 aromatic carbocycles. The molecule has 0 fully saturated rings. The molecule has 1 heterocycles. The second-order valence-corrected chi connectivity index (χ2v) is 4.38. The van der Waals surface area contributed by atoms with Crippen LogP contribution in [0.25, 0.3) is 0 Å². The molecule has 4 heteroatoms. The lowest BCUT2D eigenvalue weighted by molar-refractivity contribution is -0.120. The lowest BCUT2D eigenvalue weighted by Crippen LogP contribution is -2.30. The smallest absolute Gasteiger partial charge is 0.225 e. The van der Waals surface area contributed by atoms with Gasteiger partial charge in [-0.05, 0) is 17.4 Å². The number of thiophene rings is 1. The largest absolute Gasteiger partial charge is 0.396 e. The Kier molecular flexibility index (Phi) is 4.62. The normalized spacial score (nSPS) is 12.4. The highest BCUT2D eigenvalue weighted by Gasteiger charge is 2.05. The van der Waals surface area contributed by atoms with Gasteiger partial charge in [0.2, 0.25) is 5.91 Å². The van der Waals surface area contributed by atoms with Gasteiger partial charge < -0.3 is 10.4 Å². The Balaban J connectivity index is 2.23. The van der Waals surface area contributed by atoms with Crippen LogP contribution in [0.4, 0.5) is 0 Å². The fourth-order valence-electron chi connectivity index (χ4n) is 0.987. The van der Waals surface area contributed by atoms with Crippen LogP contribution in [0, 0.1) is 5.92 Å². The molecule has 0 spiro atoms. The van der Waals surface area contributed by atoms with Crippen LogP contribution in [0.2, 0.25) is 0 Å². The highest BCUT2D eigenvalue weighted by Crippen LogP contribution is 2.08. The van der Waals surface area contributed by atoms with Crippen LogP contribution in [-0.4, -0.2) is 24.2 Å². The standard InChI is InChI=1S/C10H15NO2S/c1-8(7-12)6-11-10(13)5-9-3-2-4-14-9/h2-4,8,12H,5-7H2,1H3,(H,11,13). The summed E-state index contributed by atoms with van der Waals surface area (Å²) in [5.74, 6) is 0.148. The van der Waals surface area contributed by atoms with Crippen molar-refractivity contribution in [2.75, 3.05) is 13.2 Å². The number of carbonyl (C=O) groups is 1. The van der Waals surface area contributed by atoms with Gasteiger partial charge in [0, 0.05) is 18.0 Å². The highest BCUT2D eigenvalue weighted by atomic mass is 32.1. The van der Waals surface area contributed by atoms with E-state index in [0.717, 1.165) is 4.88 Å². The van der Waals surface area contributed by atoms with E-state index in [4.69, 9.17) is 5.11 Å². The van der Waals surface area contributed by atoms with Gasteiger partial charge in [0.1, 0.15) is 0 Å². The first-order valence-corrected chi connectivity index (χ1v) is 5.50. The summed E-state index contributed by atoms with van der Waals surface area (Å²) in [6, 6.07) is 3.88. The lowest BCUT2D eigenvalue weighted by atomic mass is 10.2. The van der Waals surface area contributed by atoms with E-state index in [9.17, 15) is 4.79 Å². The summed E-state index contributed by atoms with van der Waals surface area (Å²) in [6.45, 7) is 2.55. The van der Waals surface area contributed by atoms with E-state index < -0.39 is 0 Å². The van der Waals surface area contributed by atoms with E-state index in [-0.39, 0.29) is 18.4 Å². The molecule has 1 amide bonds. The van der Waals surface area contributed by atoms with E-state index in [2.05, 4.69) is 5.32 Å². The van der Waals surface area contributed by atoms with Gasteiger partial charge in [0.15, 0.2) is 0 Å². The predicted molar refractivity (Wildman–Crippen MR) is 57.3 cm³/mol. The molecule has 1 unspecified atom stereocenters. The van der Waals surface area contributed by atoms with Crippen molar-refractivity contribution in [1.82, 2.24) is 5.32 Å². The van der Waals surface area contributed by atoms with Crippen LogP contribution in [0.1, 0.15) is 11.8 Å². The number of carbonyl (C=O) groups excluding carboxylic acids is 1. The first kappa shape index (κ1) is 11.2. The third kappa shape index (κ3) is 3.89. The van der Waals surface area contributed by atoms with Crippen molar-refractivity contribution in [3.05, 3.63) is 22.4 Å². The van der Waals surface area contributed by atoms with Gasteiger partial charge in [-0.3, -0.25) is 4.79 Å². The zero-order chi connectivity index (χ0) is 10.4. The first-order valence-electron chi connectivity index (χ1n) is 4.62. The van der Waals surface area contributed by atoms with Crippen LogP contribution in [0.15, 0.2) is 17.5 Å². The highest BCUT2D eigenvalue weighted by molar-refractivity contribution is 7.10.